The molecule has 0 aliphatic heterocycles. The number of nitrogens with zero attached hydrogens (tertiary/aromatic N) is 3. The van der Waals surface area contributed by atoms with Gasteiger partial charge >= 0.3 is 12.8 Å². The molecule has 0 aliphatic carbocycles. The molecule has 0 radical (unpaired) electrons. The van der Waals surface area contributed by atoms with Crippen molar-refractivity contribution in [2.24, 2.45) is 7.05 Å². The molecule has 1 aromatic rings. The van der Waals surface area contributed by atoms with Gasteiger partial charge < -0.3 is 9.64 Å². The van der Waals surface area contributed by atoms with Gasteiger partial charge in [0.1, 0.15) is 0 Å². The van der Waals surface area contributed by atoms with Crippen LogP contribution >= 0.6 is 11.8 Å². The molecule has 0 unspecified atom stereocenters. The van der Waals surface area contributed by atoms with Crippen molar-refractivity contribution < 1.29 is 26.7 Å². The lowest BCUT2D eigenvalue weighted by Crippen LogP contribution is -2.18. The van der Waals surface area contributed by atoms with E-state index in [0.717, 1.165) is 18.8 Å². The predicted octanol–water partition coefficient (Wildman–Crippen LogP) is 2.77. The number of halogens is 5. The number of alkyl halides is 5. The topological polar surface area (TPSA) is 54.1 Å². The average Bonchev–Trinajstić information content (AvgIpc) is 2.63. The first kappa shape index (κ1) is 17.5. The Morgan fingerprint density at radius 2 is 2.00 bits per heavy atom. The minimum Gasteiger partial charge on any atom is -0.417 e. The third-order valence-electron chi connectivity index (χ3n) is 2.32. The Kier molecular flexibility index (Phi) is 5.42. The van der Waals surface area contributed by atoms with Crippen LogP contribution in [0, 0.1) is 5.41 Å². The van der Waals surface area contributed by atoms with E-state index in [4.69, 9.17) is 5.41 Å². The van der Waals surface area contributed by atoms with Crippen molar-refractivity contribution >= 4 is 16.9 Å². The third-order valence-corrected chi connectivity index (χ3v) is 3.39. The first-order valence-corrected chi connectivity index (χ1v) is 6.49. The highest BCUT2D eigenvalue weighted by Crippen LogP contribution is 2.37. The van der Waals surface area contributed by atoms with E-state index < -0.39 is 29.9 Å². The van der Waals surface area contributed by atoms with E-state index in [1.165, 1.54) is 4.90 Å². The van der Waals surface area contributed by atoms with Crippen LogP contribution in [0.15, 0.2) is 0 Å². The number of thioether (sulfide) groups is 1. The molecule has 0 saturated carbocycles. The smallest absolute Gasteiger partial charge is 0.417 e. The van der Waals surface area contributed by atoms with Crippen molar-refractivity contribution in [2.75, 3.05) is 14.1 Å². The molecule has 0 amide bonds. The maximum atomic E-state index is 12.9. The first-order chi connectivity index (χ1) is 9.54. The summed E-state index contributed by atoms with van der Waals surface area (Å²) in [5.74, 6) is -1.02. The Hall–Kier alpha value is -1.52. The summed E-state index contributed by atoms with van der Waals surface area (Å²) >= 11 is 0.753. The molecule has 11 heteroatoms. The van der Waals surface area contributed by atoms with Gasteiger partial charge in [-0.2, -0.15) is 27.1 Å². The van der Waals surface area contributed by atoms with Crippen molar-refractivity contribution in [3.63, 3.8) is 0 Å². The highest BCUT2D eigenvalue weighted by molar-refractivity contribution is 8.13. The Labute approximate surface area is 121 Å². The first-order valence-electron chi connectivity index (χ1n) is 5.50. The van der Waals surface area contributed by atoms with Crippen LogP contribution in [-0.2, 0) is 19.0 Å². The molecular weight excluding hydrogens is 319 g/mol. The molecule has 0 bridgehead atoms. The lowest BCUT2D eigenvalue weighted by atomic mass is 10.2. The quantitative estimate of drug-likeness (QED) is 0.523. The van der Waals surface area contributed by atoms with Gasteiger partial charge in [0.25, 0.3) is 0 Å². The second-order valence-electron chi connectivity index (χ2n) is 4.12. The van der Waals surface area contributed by atoms with Gasteiger partial charge in [-0.05, 0) is 0 Å². The van der Waals surface area contributed by atoms with Crippen molar-refractivity contribution in [1.29, 1.82) is 5.41 Å². The summed E-state index contributed by atoms with van der Waals surface area (Å²) in [6, 6.07) is 0. The lowest BCUT2D eigenvalue weighted by Gasteiger charge is -2.14. The maximum absolute atomic E-state index is 12.9. The minimum absolute atomic E-state index is 0.0185. The zero-order valence-electron chi connectivity index (χ0n) is 11.3. The molecule has 1 rings (SSSR count). The molecule has 0 spiro atoms. The van der Waals surface area contributed by atoms with Gasteiger partial charge in [-0.15, -0.1) is 0 Å². The number of hydrogen-bond donors (Lipinski definition) is 1. The second-order valence-corrected chi connectivity index (χ2v) is 5.08. The van der Waals surface area contributed by atoms with Crippen LogP contribution in [-0.4, -0.2) is 40.6 Å². The van der Waals surface area contributed by atoms with E-state index in [1.807, 2.05) is 0 Å². The van der Waals surface area contributed by atoms with E-state index in [0.29, 0.717) is 4.68 Å². The molecular formula is C10H13F5N4OS. The van der Waals surface area contributed by atoms with Gasteiger partial charge in [0.05, 0.1) is 5.56 Å². The predicted molar refractivity (Wildman–Crippen MR) is 67.6 cm³/mol. The van der Waals surface area contributed by atoms with E-state index in [-0.39, 0.29) is 10.9 Å². The molecule has 0 saturated heterocycles. The fourth-order valence-electron chi connectivity index (χ4n) is 1.41. The maximum Gasteiger partial charge on any atom is 0.435 e. The molecule has 5 nitrogen and oxygen atoms in total. The second kappa shape index (κ2) is 6.50. The summed E-state index contributed by atoms with van der Waals surface area (Å²) in [5, 5.41) is 10.7. The molecule has 1 heterocycles. The Morgan fingerprint density at radius 3 is 2.43 bits per heavy atom. The number of amidine groups is 1. The number of rotatable bonds is 4. The van der Waals surface area contributed by atoms with Crippen molar-refractivity contribution in [3.05, 3.63) is 11.3 Å². The number of nitrogens with one attached hydrogen (secondary N) is 1. The number of hydrogen-bond acceptors (Lipinski definition) is 4. The largest absolute Gasteiger partial charge is 0.435 e. The summed E-state index contributed by atoms with van der Waals surface area (Å²) in [7, 11) is 4.16. The van der Waals surface area contributed by atoms with E-state index in [9.17, 15) is 22.0 Å². The molecule has 1 aromatic heterocycles. The van der Waals surface area contributed by atoms with Gasteiger partial charge in [0, 0.05) is 26.9 Å². The van der Waals surface area contributed by atoms with Gasteiger partial charge in [0.15, 0.2) is 10.9 Å². The summed E-state index contributed by atoms with van der Waals surface area (Å²) in [6.07, 6.45) is -4.79. The Morgan fingerprint density at radius 1 is 1.43 bits per heavy atom. The summed E-state index contributed by atoms with van der Waals surface area (Å²) in [4.78, 5) is 1.38. The van der Waals surface area contributed by atoms with E-state index in [1.54, 1.807) is 14.1 Å². The highest BCUT2D eigenvalue weighted by atomic mass is 32.2. The SMILES string of the molecule is CN(C)C(=N)SCc1c(C(F)(F)F)nn(C)c1OC(F)F. The van der Waals surface area contributed by atoms with Crippen LogP contribution in [0.3, 0.4) is 0 Å². The molecule has 0 aromatic carbocycles. The zero-order chi connectivity index (χ0) is 16.4. The van der Waals surface area contributed by atoms with Gasteiger partial charge in [0.2, 0.25) is 5.88 Å². The zero-order valence-corrected chi connectivity index (χ0v) is 12.1. The average molecular weight is 332 g/mol. The Bertz CT molecular complexity index is 514. The normalized spacial score (nSPS) is 11.9. The van der Waals surface area contributed by atoms with Crippen LogP contribution in [0.2, 0.25) is 0 Å². The van der Waals surface area contributed by atoms with Crippen LogP contribution in [0.25, 0.3) is 0 Å². The monoisotopic (exact) mass is 332 g/mol. The summed E-state index contributed by atoms with van der Waals surface area (Å²) < 4.78 is 68.0. The molecule has 21 heavy (non-hydrogen) atoms. The third kappa shape index (κ3) is 4.48. The molecule has 0 atom stereocenters. The fourth-order valence-corrected chi connectivity index (χ4v) is 2.21. The van der Waals surface area contributed by atoms with Crippen LogP contribution in [0.5, 0.6) is 5.88 Å². The standard InChI is InChI=1S/C10H13F5N4OS/c1-18(2)9(16)21-4-5-6(10(13,14)15)17-19(3)7(5)20-8(11)12/h8,16H,4H2,1-3H3. The van der Waals surface area contributed by atoms with Crippen LogP contribution < -0.4 is 4.74 Å². The van der Waals surface area contributed by atoms with Gasteiger partial charge in [-0.1, -0.05) is 11.8 Å². The van der Waals surface area contributed by atoms with Crippen molar-refractivity contribution in [3.8, 4) is 5.88 Å². The molecule has 120 valence electrons. The highest BCUT2D eigenvalue weighted by Gasteiger charge is 2.40. The number of aromatic nitrogens is 2. The lowest BCUT2D eigenvalue weighted by molar-refractivity contribution is -0.142. The summed E-state index contributed by atoms with van der Waals surface area (Å²) in [5.41, 5.74) is -1.80. The number of ether oxygens (including phenoxy) is 1. The van der Waals surface area contributed by atoms with E-state index in [2.05, 4.69) is 9.84 Å². The Balaban J connectivity index is 3.14. The van der Waals surface area contributed by atoms with E-state index >= 15 is 0 Å². The van der Waals surface area contributed by atoms with Crippen LogP contribution in [0.4, 0.5) is 22.0 Å². The molecule has 0 fully saturated rings. The molecule has 1 N–H and O–H groups in total. The number of aryl methyl sites for hydroxylation is 1. The fraction of sp³-hybridized carbons (Fsp3) is 0.600. The minimum atomic E-state index is -4.79. The van der Waals surface area contributed by atoms with Gasteiger partial charge in [-0.25, -0.2) is 4.68 Å². The van der Waals surface area contributed by atoms with Crippen LogP contribution in [0.1, 0.15) is 11.3 Å². The van der Waals surface area contributed by atoms with Crippen molar-refractivity contribution in [2.45, 2.75) is 18.5 Å². The summed E-state index contributed by atoms with van der Waals surface area (Å²) in [6.45, 7) is -3.27. The van der Waals surface area contributed by atoms with Gasteiger partial charge in [-0.3, -0.25) is 5.41 Å². The molecule has 0 aliphatic rings. The van der Waals surface area contributed by atoms with Crippen molar-refractivity contribution in [1.82, 2.24) is 14.7 Å².